The molecule has 0 bridgehead atoms. The van der Waals surface area contributed by atoms with Crippen LogP contribution in [0.2, 0.25) is 4.47 Å². The number of rotatable bonds is 2. The van der Waals surface area contributed by atoms with Crippen molar-refractivity contribution in [1.82, 2.24) is 10.2 Å². The van der Waals surface area contributed by atoms with Gasteiger partial charge in [0.05, 0.1) is 0 Å². The van der Waals surface area contributed by atoms with Crippen LogP contribution < -0.4 is 0 Å². The minimum absolute atomic E-state index is 0.359. The molecule has 4 heteroatoms. The lowest BCUT2D eigenvalue weighted by Gasteiger charge is -2.16. The van der Waals surface area contributed by atoms with E-state index in [1.54, 1.807) is 0 Å². The zero-order valence-electron chi connectivity index (χ0n) is 7.59. The quantitative estimate of drug-likeness (QED) is 0.740. The Bertz CT molecular complexity index is 252. The lowest BCUT2D eigenvalue weighted by molar-refractivity contribution is 0.377. The van der Waals surface area contributed by atoms with E-state index >= 15 is 0 Å². The van der Waals surface area contributed by atoms with E-state index in [1.165, 1.54) is 11.3 Å². The summed E-state index contributed by atoms with van der Waals surface area (Å²) < 4.78 is 0.541. The lowest BCUT2D eigenvalue weighted by atomic mass is 9.91. The Balaban J connectivity index is 2.44. The molecule has 0 amide bonds. The highest BCUT2D eigenvalue weighted by Crippen LogP contribution is 2.23. The van der Waals surface area contributed by atoms with Gasteiger partial charge in [-0.15, -0.1) is 10.2 Å². The zero-order chi connectivity index (χ0) is 9.19. The first-order valence-corrected chi connectivity index (χ1v) is 5.15. The van der Waals surface area contributed by atoms with E-state index in [1.807, 2.05) is 0 Å². The molecule has 68 valence electrons. The van der Waals surface area contributed by atoms with Gasteiger partial charge in [0, 0.05) is 6.42 Å². The van der Waals surface area contributed by atoms with Crippen molar-refractivity contribution in [3.63, 3.8) is 0 Å². The molecule has 12 heavy (non-hydrogen) atoms. The van der Waals surface area contributed by atoms with Crippen LogP contribution in [-0.2, 0) is 6.42 Å². The highest BCUT2D eigenvalue weighted by atomic mass is 35.5. The summed E-state index contributed by atoms with van der Waals surface area (Å²) in [5.74, 6) is 0. The van der Waals surface area contributed by atoms with Crippen LogP contribution in [0.5, 0.6) is 0 Å². The predicted octanol–water partition coefficient (Wildman–Crippen LogP) is 3.17. The Morgan fingerprint density at radius 3 is 2.42 bits per heavy atom. The Morgan fingerprint density at radius 1 is 1.33 bits per heavy atom. The molecular formula is C8H13ClN2S. The fourth-order valence-corrected chi connectivity index (χ4v) is 1.68. The topological polar surface area (TPSA) is 25.8 Å². The van der Waals surface area contributed by atoms with Gasteiger partial charge in [-0.05, 0) is 23.4 Å². The average molecular weight is 205 g/mol. The van der Waals surface area contributed by atoms with Crippen molar-refractivity contribution in [2.24, 2.45) is 5.41 Å². The fourth-order valence-electron chi connectivity index (χ4n) is 0.816. The Labute approximate surface area is 82.0 Å². The van der Waals surface area contributed by atoms with Crippen LogP contribution in [0.25, 0.3) is 0 Å². The molecule has 1 rings (SSSR count). The maximum Gasteiger partial charge on any atom is 0.207 e. The van der Waals surface area contributed by atoms with Crippen LogP contribution in [-0.4, -0.2) is 10.2 Å². The van der Waals surface area contributed by atoms with Crippen molar-refractivity contribution in [2.45, 2.75) is 33.6 Å². The molecule has 0 saturated carbocycles. The van der Waals surface area contributed by atoms with Crippen molar-refractivity contribution in [2.75, 3.05) is 0 Å². The molecule has 0 atom stereocenters. The molecule has 0 aliphatic heterocycles. The second-order valence-corrected chi connectivity index (χ2v) is 5.65. The maximum atomic E-state index is 5.66. The maximum absolute atomic E-state index is 5.66. The third-order valence-corrected chi connectivity index (χ3v) is 2.61. The molecule has 2 nitrogen and oxygen atoms in total. The van der Waals surface area contributed by atoms with Gasteiger partial charge in [0.25, 0.3) is 0 Å². The lowest BCUT2D eigenvalue weighted by Crippen LogP contribution is -2.06. The van der Waals surface area contributed by atoms with Crippen molar-refractivity contribution in [3.05, 3.63) is 9.47 Å². The van der Waals surface area contributed by atoms with Crippen LogP contribution in [0, 0.1) is 5.41 Å². The molecule has 0 fully saturated rings. The number of aryl methyl sites for hydroxylation is 1. The number of aromatic nitrogens is 2. The van der Waals surface area contributed by atoms with Crippen LogP contribution in [0.3, 0.4) is 0 Å². The zero-order valence-corrected chi connectivity index (χ0v) is 9.17. The van der Waals surface area contributed by atoms with E-state index in [0.717, 1.165) is 17.8 Å². The van der Waals surface area contributed by atoms with Gasteiger partial charge in [0.1, 0.15) is 5.01 Å². The number of hydrogen-bond donors (Lipinski definition) is 0. The largest absolute Gasteiger partial charge is 0.207 e. The van der Waals surface area contributed by atoms with Gasteiger partial charge in [-0.1, -0.05) is 32.1 Å². The molecule has 0 spiro atoms. The van der Waals surface area contributed by atoms with Gasteiger partial charge in [-0.2, -0.15) is 0 Å². The van der Waals surface area contributed by atoms with E-state index < -0.39 is 0 Å². The highest BCUT2D eigenvalue weighted by molar-refractivity contribution is 7.15. The van der Waals surface area contributed by atoms with Crippen molar-refractivity contribution < 1.29 is 0 Å². The summed E-state index contributed by atoms with van der Waals surface area (Å²) in [4.78, 5) is 0. The number of hydrogen-bond acceptors (Lipinski definition) is 3. The summed E-state index contributed by atoms with van der Waals surface area (Å²) in [6.45, 7) is 6.65. The Kier molecular flexibility index (Phi) is 3.07. The summed E-state index contributed by atoms with van der Waals surface area (Å²) in [7, 11) is 0. The first-order chi connectivity index (χ1) is 5.47. The molecule has 1 aromatic rings. The molecule has 0 aliphatic rings. The Morgan fingerprint density at radius 2 is 2.00 bits per heavy atom. The first-order valence-electron chi connectivity index (χ1n) is 3.95. The number of halogens is 1. The highest BCUT2D eigenvalue weighted by Gasteiger charge is 2.11. The molecule has 0 aliphatic carbocycles. The van der Waals surface area contributed by atoms with Gasteiger partial charge in [0.15, 0.2) is 0 Å². The summed E-state index contributed by atoms with van der Waals surface area (Å²) >= 11 is 7.13. The third-order valence-electron chi connectivity index (χ3n) is 1.53. The van der Waals surface area contributed by atoms with E-state index in [-0.39, 0.29) is 0 Å². The smallest absolute Gasteiger partial charge is 0.142 e. The van der Waals surface area contributed by atoms with Gasteiger partial charge in [-0.3, -0.25) is 0 Å². The van der Waals surface area contributed by atoms with Crippen LogP contribution >= 0.6 is 22.9 Å². The molecule has 0 N–H and O–H groups in total. The van der Waals surface area contributed by atoms with Crippen molar-refractivity contribution in [1.29, 1.82) is 0 Å². The SMILES string of the molecule is CC(C)(C)CCc1nnc(Cl)s1. The molecule has 0 radical (unpaired) electrons. The fraction of sp³-hybridized carbons (Fsp3) is 0.750. The standard InChI is InChI=1S/C8H13ClN2S/c1-8(2,3)5-4-6-10-11-7(9)12-6/h4-5H2,1-3H3. The molecule has 1 aromatic heterocycles. The van der Waals surface area contributed by atoms with E-state index in [0.29, 0.717) is 9.88 Å². The van der Waals surface area contributed by atoms with Gasteiger partial charge in [-0.25, -0.2) is 0 Å². The summed E-state index contributed by atoms with van der Waals surface area (Å²) in [5, 5.41) is 8.74. The van der Waals surface area contributed by atoms with Gasteiger partial charge in [0.2, 0.25) is 4.47 Å². The normalized spacial score (nSPS) is 12.0. The monoisotopic (exact) mass is 204 g/mol. The second-order valence-electron chi connectivity index (χ2n) is 4.01. The van der Waals surface area contributed by atoms with Gasteiger partial charge < -0.3 is 0 Å². The van der Waals surface area contributed by atoms with Crippen LogP contribution in [0.15, 0.2) is 0 Å². The molecule has 1 heterocycles. The van der Waals surface area contributed by atoms with Crippen molar-refractivity contribution >= 4 is 22.9 Å². The summed E-state index contributed by atoms with van der Waals surface area (Å²) in [5.41, 5.74) is 0.359. The van der Waals surface area contributed by atoms with E-state index in [2.05, 4.69) is 31.0 Å². The molecular weight excluding hydrogens is 192 g/mol. The summed E-state index contributed by atoms with van der Waals surface area (Å²) in [6, 6.07) is 0. The average Bonchev–Trinajstić information content (AvgIpc) is 2.30. The molecule has 0 aromatic carbocycles. The molecule has 0 saturated heterocycles. The minimum atomic E-state index is 0.359. The summed E-state index contributed by atoms with van der Waals surface area (Å²) in [6.07, 6.45) is 2.10. The van der Waals surface area contributed by atoms with E-state index in [4.69, 9.17) is 11.6 Å². The number of nitrogens with zero attached hydrogens (tertiary/aromatic N) is 2. The molecule has 0 unspecified atom stereocenters. The van der Waals surface area contributed by atoms with Crippen molar-refractivity contribution in [3.8, 4) is 0 Å². The van der Waals surface area contributed by atoms with Gasteiger partial charge >= 0.3 is 0 Å². The van der Waals surface area contributed by atoms with E-state index in [9.17, 15) is 0 Å². The van der Waals surface area contributed by atoms with Crippen LogP contribution in [0.4, 0.5) is 0 Å². The predicted molar refractivity (Wildman–Crippen MR) is 52.7 cm³/mol. The third kappa shape index (κ3) is 3.50. The minimum Gasteiger partial charge on any atom is -0.142 e. The Hall–Kier alpha value is -0.150. The first kappa shape index (κ1) is 9.93. The van der Waals surface area contributed by atoms with Crippen LogP contribution in [0.1, 0.15) is 32.2 Å². The second kappa shape index (κ2) is 3.71.